The maximum atomic E-state index is 12.0. The summed E-state index contributed by atoms with van der Waals surface area (Å²) in [6, 6.07) is 3.28. The van der Waals surface area contributed by atoms with E-state index in [1.54, 1.807) is 12.1 Å². The second-order valence-electron chi connectivity index (χ2n) is 5.63. The molecule has 2 aromatic rings. The van der Waals surface area contributed by atoms with Gasteiger partial charge in [0.15, 0.2) is 10.9 Å². The fourth-order valence-electron chi connectivity index (χ4n) is 2.53. The van der Waals surface area contributed by atoms with Crippen molar-refractivity contribution >= 4 is 28.3 Å². The molecule has 0 radical (unpaired) electrons. The second kappa shape index (κ2) is 7.59. The minimum atomic E-state index is -0.304. The molecule has 0 saturated heterocycles. The molecule has 3 rings (SSSR count). The lowest BCUT2D eigenvalue weighted by Gasteiger charge is -2.25. The summed E-state index contributed by atoms with van der Waals surface area (Å²) in [6.45, 7) is 4.61. The summed E-state index contributed by atoms with van der Waals surface area (Å²) in [7, 11) is 0. The Morgan fingerprint density at radius 1 is 1.46 bits per heavy atom. The van der Waals surface area contributed by atoms with Crippen molar-refractivity contribution in [2.75, 3.05) is 25.0 Å². The molecular formula is C16H20N4O3S. The lowest BCUT2D eigenvalue weighted by Crippen LogP contribution is -2.39. The van der Waals surface area contributed by atoms with E-state index in [1.165, 1.54) is 17.6 Å². The summed E-state index contributed by atoms with van der Waals surface area (Å²) in [5.74, 6) is 0.00968. The molecule has 2 aromatic heterocycles. The normalized spacial score (nSPS) is 14.2. The number of aromatic nitrogens is 1. The first-order valence-electron chi connectivity index (χ1n) is 7.98. The third-order valence-corrected chi connectivity index (χ3v) is 4.71. The number of furan rings is 1. The fraction of sp³-hybridized carbons (Fsp3) is 0.438. The topological polar surface area (TPSA) is 87.5 Å². The Bertz CT molecular complexity index is 711. The van der Waals surface area contributed by atoms with Crippen molar-refractivity contribution in [3.05, 3.63) is 34.7 Å². The molecule has 3 heterocycles. The Labute approximate surface area is 144 Å². The van der Waals surface area contributed by atoms with Crippen molar-refractivity contribution in [1.82, 2.24) is 15.2 Å². The molecule has 2 N–H and O–H groups in total. The number of amides is 2. The number of carbonyl (C=O) groups is 2. The molecule has 0 spiro atoms. The SMILES string of the molecule is CCCNC(=O)CN1CCc2nc(NC(=O)c3ccco3)sc2C1. The van der Waals surface area contributed by atoms with Crippen LogP contribution in [0.2, 0.25) is 0 Å². The van der Waals surface area contributed by atoms with Crippen LogP contribution in [-0.2, 0) is 17.8 Å². The third kappa shape index (κ3) is 4.01. The molecule has 0 unspecified atom stereocenters. The predicted octanol–water partition coefficient (Wildman–Crippen LogP) is 1.87. The maximum absolute atomic E-state index is 12.0. The van der Waals surface area contributed by atoms with Gasteiger partial charge < -0.3 is 9.73 Å². The van der Waals surface area contributed by atoms with Crippen LogP contribution in [0.25, 0.3) is 0 Å². The molecule has 2 amide bonds. The van der Waals surface area contributed by atoms with Crippen molar-refractivity contribution < 1.29 is 14.0 Å². The number of rotatable bonds is 6. The Morgan fingerprint density at radius 2 is 2.33 bits per heavy atom. The standard InChI is InChI=1S/C16H20N4O3S/c1-2-6-17-14(21)10-20-7-5-11-13(9-20)24-16(18-11)19-15(22)12-4-3-8-23-12/h3-4,8H,2,5-7,9-10H2,1H3,(H,17,21)(H,18,19,22). The number of thiazole rings is 1. The molecule has 0 fully saturated rings. The third-order valence-electron chi connectivity index (χ3n) is 3.72. The van der Waals surface area contributed by atoms with E-state index in [4.69, 9.17) is 4.42 Å². The van der Waals surface area contributed by atoms with E-state index in [1.807, 2.05) is 6.92 Å². The number of hydrogen-bond acceptors (Lipinski definition) is 6. The summed E-state index contributed by atoms with van der Waals surface area (Å²) in [5, 5.41) is 6.22. The van der Waals surface area contributed by atoms with Crippen molar-refractivity contribution in [1.29, 1.82) is 0 Å². The number of nitrogens with zero attached hydrogens (tertiary/aromatic N) is 2. The van der Waals surface area contributed by atoms with Crippen LogP contribution in [0.3, 0.4) is 0 Å². The molecule has 0 bridgehead atoms. The van der Waals surface area contributed by atoms with Crippen molar-refractivity contribution in [3.63, 3.8) is 0 Å². The van der Waals surface area contributed by atoms with E-state index < -0.39 is 0 Å². The number of fused-ring (bicyclic) bond motifs is 1. The first-order chi connectivity index (χ1) is 11.7. The molecule has 1 aliphatic rings. The Balaban J connectivity index is 1.58. The highest BCUT2D eigenvalue weighted by molar-refractivity contribution is 7.15. The van der Waals surface area contributed by atoms with Gasteiger partial charge in [0.1, 0.15) is 0 Å². The van der Waals surface area contributed by atoms with Gasteiger partial charge in [-0.1, -0.05) is 6.92 Å². The summed E-state index contributed by atoms with van der Waals surface area (Å²) in [4.78, 5) is 31.5. The van der Waals surface area contributed by atoms with Crippen LogP contribution in [0, 0.1) is 0 Å². The van der Waals surface area contributed by atoms with Crippen molar-refractivity contribution in [3.8, 4) is 0 Å². The van der Waals surface area contributed by atoms with E-state index in [0.29, 0.717) is 24.8 Å². The minimum absolute atomic E-state index is 0.0520. The minimum Gasteiger partial charge on any atom is -0.459 e. The average molecular weight is 348 g/mol. The number of anilines is 1. The lowest BCUT2D eigenvalue weighted by molar-refractivity contribution is -0.122. The van der Waals surface area contributed by atoms with Gasteiger partial charge in [0.05, 0.1) is 18.5 Å². The zero-order valence-corrected chi connectivity index (χ0v) is 14.3. The van der Waals surface area contributed by atoms with Crippen LogP contribution in [0.4, 0.5) is 5.13 Å². The Morgan fingerprint density at radius 3 is 3.08 bits per heavy atom. The van der Waals surface area contributed by atoms with Gasteiger partial charge in [-0.25, -0.2) is 4.98 Å². The summed E-state index contributed by atoms with van der Waals surface area (Å²) >= 11 is 1.45. The van der Waals surface area contributed by atoms with E-state index in [-0.39, 0.29) is 17.6 Å². The average Bonchev–Trinajstić information content (AvgIpc) is 3.21. The summed E-state index contributed by atoms with van der Waals surface area (Å²) in [6.07, 6.45) is 3.18. The van der Waals surface area contributed by atoms with E-state index in [9.17, 15) is 9.59 Å². The molecule has 1 aliphatic heterocycles. The summed E-state index contributed by atoms with van der Waals surface area (Å²) in [5.41, 5.74) is 1.000. The Hall–Kier alpha value is -2.19. The molecule has 0 aromatic carbocycles. The predicted molar refractivity (Wildman–Crippen MR) is 91.1 cm³/mol. The molecule has 128 valence electrons. The number of hydrogen-bond donors (Lipinski definition) is 2. The molecule has 0 atom stereocenters. The smallest absolute Gasteiger partial charge is 0.293 e. The molecule has 24 heavy (non-hydrogen) atoms. The van der Waals surface area contributed by atoms with Gasteiger partial charge in [-0.15, -0.1) is 11.3 Å². The number of carbonyl (C=O) groups excluding carboxylic acids is 2. The highest BCUT2D eigenvalue weighted by Gasteiger charge is 2.23. The van der Waals surface area contributed by atoms with Crippen LogP contribution in [-0.4, -0.2) is 41.3 Å². The van der Waals surface area contributed by atoms with Crippen LogP contribution >= 0.6 is 11.3 Å². The monoisotopic (exact) mass is 348 g/mol. The molecule has 0 saturated carbocycles. The van der Waals surface area contributed by atoms with Crippen LogP contribution in [0.5, 0.6) is 0 Å². The molecule has 7 nitrogen and oxygen atoms in total. The number of nitrogens with one attached hydrogen (secondary N) is 2. The van der Waals surface area contributed by atoms with Gasteiger partial charge in [0.2, 0.25) is 5.91 Å². The second-order valence-corrected chi connectivity index (χ2v) is 6.71. The largest absolute Gasteiger partial charge is 0.459 e. The maximum Gasteiger partial charge on any atom is 0.293 e. The first kappa shape index (κ1) is 16.7. The zero-order chi connectivity index (χ0) is 16.9. The van der Waals surface area contributed by atoms with Gasteiger partial charge in [-0.3, -0.25) is 19.8 Å². The fourth-order valence-corrected chi connectivity index (χ4v) is 3.57. The van der Waals surface area contributed by atoms with Crippen LogP contribution in [0.1, 0.15) is 34.5 Å². The molecular weight excluding hydrogens is 328 g/mol. The van der Waals surface area contributed by atoms with Crippen LogP contribution in [0.15, 0.2) is 22.8 Å². The van der Waals surface area contributed by atoms with Gasteiger partial charge in [0, 0.05) is 30.9 Å². The van der Waals surface area contributed by atoms with Gasteiger partial charge in [-0.05, 0) is 18.6 Å². The first-order valence-corrected chi connectivity index (χ1v) is 8.80. The van der Waals surface area contributed by atoms with Gasteiger partial charge in [-0.2, -0.15) is 0 Å². The zero-order valence-electron chi connectivity index (χ0n) is 13.5. The highest BCUT2D eigenvalue weighted by atomic mass is 32.1. The van der Waals surface area contributed by atoms with E-state index >= 15 is 0 Å². The van der Waals surface area contributed by atoms with Crippen LogP contribution < -0.4 is 10.6 Å². The van der Waals surface area contributed by atoms with Crippen molar-refractivity contribution in [2.24, 2.45) is 0 Å². The quantitative estimate of drug-likeness (QED) is 0.832. The van der Waals surface area contributed by atoms with Gasteiger partial charge in [0.25, 0.3) is 5.91 Å². The summed E-state index contributed by atoms with van der Waals surface area (Å²) < 4.78 is 5.07. The van der Waals surface area contributed by atoms with Gasteiger partial charge >= 0.3 is 0 Å². The van der Waals surface area contributed by atoms with E-state index in [0.717, 1.165) is 30.0 Å². The van der Waals surface area contributed by atoms with E-state index in [2.05, 4.69) is 20.5 Å². The van der Waals surface area contributed by atoms with Crippen molar-refractivity contribution in [2.45, 2.75) is 26.3 Å². The Kier molecular flexibility index (Phi) is 5.27. The molecule has 0 aliphatic carbocycles. The molecule has 8 heteroatoms. The lowest BCUT2D eigenvalue weighted by atomic mass is 10.2. The highest BCUT2D eigenvalue weighted by Crippen LogP contribution is 2.28.